The van der Waals surface area contributed by atoms with Crippen LogP contribution in [0, 0.1) is 6.92 Å². The molecule has 9 aromatic rings. The van der Waals surface area contributed by atoms with Gasteiger partial charge in [-0.3, -0.25) is 0 Å². The summed E-state index contributed by atoms with van der Waals surface area (Å²) >= 11 is 0. The molecular weight excluding hydrogens is 608 g/mol. The smallest absolute Gasteiger partial charge is 0.0159 e. The fraction of sp³-hybridized carbons (Fsp3) is 0.0833. The first kappa shape index (κ1) is 28.6. The second kappa shape index (κ2) is 10.5. The molecule has 232 valence electrons. The van der Waals surface area contributed by atoms with Crippen LogP contribution in [0.25, 0.3) is 81.2 Å². The molecule has 1 aliphatic rings. The van der Waals surface area contributed by atoms with Crippen molar-refractivity contribution in [3.8, 4) is 38.7 Å². The quantitative estimate of drug-likeness (QED) is 0.168. The lowest BCUT2D eigenvalue weighted by Gasteiger charge is -2.23. The predicted octanol–water partition coefficient (Wildman–Crippen LogP) is 14.2. The van der Waals surface area contributed by atoms with Gasteiger partial charge in [-0.25, -0.2) is 0 Å². The molecule has 1 heterocycles. The Morgan fingerprint density at radius 1 is 0.408 bits per heavy atom. The van der Waals surface area contributed by atoms with Crippen molar-refractivity contribution in [2.75, 3.05) is 0 Å². The van der Waals surface area contributed by atoms with E-state index in [1.54, 1.807) is 0 Å². The molecule has 0 saturated heterocycles. The monoisotopic (exact) mass is 642 g/mol. The molecule has 1 atom stereocenters. The molecule has 0 N–H and O–H groups in total. The third-order valence-electron chi connectivity index (χ3n) is 11.0. The van der Waals surface area contributed by atoms with Crippen molar-refractivity contribution >= 4 is 50.1 Å². The Morgan fingerprint density at radius 2 is 1.00 bits per heavy atom. The highest BCUT2D eigenvalue weighted by Gasteiger charge is 2.35. The lowest BCUT2D eigenvalue weighted by atomic mass is 9.80. The van der Waals surface area contributed by atoms with Gasteiger partial charge >= 0.3 is 0 Å². The van der Waals surface area contributed by atoms with Gasteiger partial charge in [-0.15, -0.1) is 0 Å². The first-order valence-electron chi connectivity index (χ1n) is 17.3. The van der Waals surface area contributed by atoms with Gasteiger partial charge in [-0.1, -0.05) is 166 Å². The van der Waals surface area contributed by atoms with Crippen LogP contribution in [0.15, 0.2) is 158 Å². The van der Waals surface area contributed by atoms with Gasteiger partial charge in [0.15, 0.2) is 0 Å². The number of fused-ring (bicyclic) bond motifs is 8. The highest BCUT2D eigenvalue weighted by Crippen LogP contribution is 2.56. The van der Waals surface area contributed by atoms with E-state index >= 15 is 0 Å². The SMILES string of the molecule is Cc1ccc2c(-c3ccc4c(c3)C(C)(C)c3ccccc3-4)c3ccccc3c(-c3ccc4c(c3)c3ccccc3p4-c3ccccc3)c2c1. The zero-order chi connectivity index (χ0) is 32.9. The largest absolute Gasteiger partial charge is 0.0772 e. The molecule has 0 fully saturated rings. The lowest BCUT2D eigenvalue weighted by molar-refractivity contribution is 0.660. The van der Waals surface area contributed by atoms with Crippen molar-refractivity contribution in [1.82, 2.24) is 0 Å². The Labute approximate surface area is 288 Å². The van der Waals surface area contributed by atoms with Gasteiger partial charge in [0.1, 0.15) is 0 Å². The lowest BCUT2D eigenvalue weighted by Crippen LogP contribution is -2.14. The normalized spacial score (nSPS) is 13.7. The van der Waals surface area contributed by atoms with Crippen LogP contribution in [0.5, 0.6) is 0 Å². The zero-order valence-corrected chi connectivity index (χ0v) is 28.9. The Morgan fingerprint density at radius 3 is 1.82 bits per heavy atom. The number of benzene rings is 8. The van der Waals surface area contributed by atoms with Gasteiger partial charge in [-0.2, -0.15) is 0 Å². The molecule has 1 aliphatic carbocycles. The highest BCUT2D eigenvalue weighted by atomic mass is 31.1. The molecule has 1 aromatic heterocycles. The minimum atomic E-state index is -0.591. The molecule has 0 saturated carbocycles. The van der Waals surface area contributed by atoms with Gasteiger partial charge in [0.25, 0.3) is 0 Å². The molecule has 0 radical (unpaired) electrons. The van der Waals surface area contributed by atoms with Gasteiger partial charge in [-0.05, 0) is 107 Å². The van der Waals surface area contributed by atoms with Crippen LogP contribution in [-0.2, 0) is 5.41 Å². The number of aryl methyl sites for hydroxylation is 1. The van der Waals surface area contributed by atoms with E-state index in [4.69, 9.17) is 0 Å². The molecule has 0 spiro atoms. The highest BCUT2D eigenvalue weighted by molar-refractivity contribution is 7.67. The van der Waals surface area contributed by atoms with E-state index in [1.165, 1.54) is 97.9 Å². The molecular formula is C48H35P. The third-order valence-corrected chi connectivity index (χ3v) is 13.6. The molecule has 1 unspecified atom stereocenters. The summed E-state index contributed by atoms with van der Waals surface area (Å²) in [6, 6.07) is 59.7. The maximum Gasteiger partial charge on any atom is 0.0159 e. The van der Waals surface area contributed by atoms with Crippen molar-refractivity contribution in [2.24, 2.45) is 0 Å². The summed E-state index contributed by atoms with van der Waals surface area (Å²) < 4.78 is 0. The molecule has 0 amide bonds. The second-order valence-electron chi connectivity index (χ2n) is 14.2. The molecule has 1 heteroatoms. The van der Waals surface area contributed by atoms with Crippen LogP contribution in [0.3, 0.4) is 0 Å². The first-order valence-corrected chi connectivity index (χ1v) is 18.6. The summed E-state index contributed by atoms with van der Waals surface area (Å²) in [5, 5.41) is 12.3. The maximum absolute atomic E-state index is 2.48. The zero-order valence-electron chi connectivity index (χ0n) is 28.0. The van der Waals surface area contributed by atoms with Crippen LogP contribution in [0.4, 0.5) is 0 Å². The first-order chi connectivity index (χ1) is 24.0. The van der Waals surface area contributed by atoms with Crippen molar-refractivity contribution < 1.29 is 0 Å². The Bertz CT molecular complexity index is 2790. The topological polar surface area (TPSA) is 0 Å². The molecule has 49 heavy (non-hydrogen) atoms. The van der Waals surface area contributed by atoms with Crippen LogP contribution in [0.2, 0.25) is 0 Å². The average molecular weight is 643 g/mol. The van der Waals surface area contributed by atoms with Gasteiger partial charge in [0.05, 0.1) is 0 Å². The average Bonchev–Trinajstić information content (AvgIpc) is 3.59. The minimum Gasteiger partial charge on any atom is -0.0772 e. The number of hydrogen-bond acceptors (Lipinski definition) is 0. The van der Waals surface area contributed by atoms with Gasteiger partial charge in [0, 0.05) is 15.7 Å². The molecule has 0 nitrogen and oxygen atoms in total. The van der Waals surface area contributed by atoms with Crippen molar-refractivity contribution in [3.63, 3.8) is 0 Å². The maximum atomic E-state index is 2.48. The molecule has 0 bridgehead atoms. The summed E-state index contributed by atoms with van der Waals surface area (Å²) in [5.41, 5.74) is 12.0. The van der Waals surface area contributed by atoms with Gasteiger partial charge in [0.2, 0.25) is 0 Å². The van der Waals surface area contributed by atoms with E-state index in [0.717, 1.165) is 0 Å². The molecule has 0 aliphatic heterocycles. The van der Waals surface area contributed by atoms with E-state index in [0.29, 0.717) is 0 Å². The number of hydrogen-bond donors (Lipinski definition) is 0. The van der Waals surface area contributed by atoms with Crippen molar-refractivity contribution in [3.05, 3.63) is 174 Å². The Kier molecular flexibility index (Phi) is 6.15. The summed E-state index contributed by atoms with van der Waals surface area (Å²) in [5.74, 6) is 0. The Hall–Kier alpha value is -5.42. The summed E-state index contributed by atoms with van der Waals surface area (Å²) in [6.07, 6.45) is 0. The predicted molar refractivity (Wildman–Crippen MR) is 214 cm³/mol. The van der Waals surface area contributed by atoms with Crippen molar-refractivity contribution in [1.29, 1.82) is 0 Å². The standard InChI is InChI=1S/C48H35P/c1-30-21-24-39-41(27-30)47(31-23-26-45-40(28-31)36-16-10-12-20-44(36)49(45)33-13-5-4-6-14-33)38-18-8-7-17-37(38)46(39)32-22-25-35-34-15-9-11-19-42(34)48(2,3)43(35)29-32/h4-29H,1-3H3. The van der Waals surface area contributed by atoms with E-state index in [9.17, 15) is 0 Å². The third kappa shape index (κ3) is 4.11. The molecule has 8 aromatic carbocycles. The van der Waals surface area contributed by atoms with E-state index in [-0.39, 0.29) is 5.41 Å². The number of rotatable bonds is 3. The fourth-order valence-corrected chi connectivity index (χ4v) is 11.4. The summed E-state index contributed by atoms with van der Waals surface area (Å²) in [4.78, 5) is 0. The summed E-state index contributed by atoms with van der Waals surface area (Å²) in [6.45, 7) is 6.97. The van der Waals surface area contributed by atoms with Gasteiger partial charge < -0.3 is 0 Å². The molecule has 10 rings (SSSR count). The fourth-order valence-electron chi connectivity index (χ4n) is 8.76. The van der Waals surface area contributed by atoms with E-state index in [2.05, 4.69) is 178 Å². The van der Waals surface area contributed by atoms with E-state index < -0.39 is 7.53 Å². The van der Waals surface area contributed by atoms with Crippen LogP contribution < -0.4 is 0 Å². The second-order valence-corrected chi connectivity index (χ2v) is 16.3. The van der Waals surface area contributed by atoms with Crippen molar-refractivity contribution in [2.45, 2.75) is 26.2 Å². The summed E-state index contributed by atoms with van der Waals surface area (Å²) in [7, 11) is -0.591. The minimum absolute atomic E-state index is 0.0517. The van der Waals surface area contributed by atoms with Crippen LogP contribution in [-0.4, -0.2) is 0 Å². The van der Waals surface area contributed by atoms with E-state index in [1.807, 2.05) is 0 Å². The Balaban J connectivity index is 1.26. The van der Waals surface area contributed by atoms with Crippen LogP contribution >= 0.6 is 7.53 Å². The van der Waals surface area contributed by atoms with Crippen LogP contribution in [0.1, 0.15) is 30.5 Å².